The molecule has 0 fully saturated rings. The predicted octanol–water partition coefficient (Wildman–Crippen LogP) is 3.14. The molecule has 5 nitrogen and oxygen atoms in total. The zero-order valence-corrected chi connectivity index (χ0v) is 13.6. The number of nitrogens with one attached hydrogen (secondary N) is 1. The lowest BCUT2D eigenvalue weighted by Gasteiger charge is -2.26. The molecule has 0 saturated heterocycles. The Morgan fingerprint density at radius 2 is 2.17 bits per heavy atom. The van der Waals surface area contributed by atoms with Gasteiger partial charge in [-0.05, 0) is 36.3 Å². The SMILES string of the molecule is CC(C)C(N)c1nc(C(=O)NC2CCCc3ccccc32)co1. The number of aromatic nitrogens is 1. The van der Waals surface area contributed by atoms with Gasteiger partial charge in [-0.25, -0.2) is 4.98 Å². The zero-order valence-electron chi connectivity index (χ0n) is 13.6. The van der Waals surface area contributed by atoms with Crippen LogP contribution in [-0.2, 0) is 6.42 Å². The molecule has 1 aromatic carbocycles. The third kappa shape index (κ3) is 3.29. The van der Waals surface area contributed by atoms with E-state index < -0.39 is 0 Å². The van der Waals surface area contributed by atoms with E-state index in [4.69, 9.17) is 10.2 Å². The lowest BCUT2D eigenvalue weighted by Crippen LogP contribution is -2.31. The van der Waals surface area contributed by atoms with Crippen molar-refractivity contribution in [3.05, 3.63) is 53.2 Å². The minimum absolute atomic E-state index is 0.0337. The van der Waals surface area contributed by atoms with E-state index >= 15 is 0 Å². The highest BCUT2D eigenvalue weighted by Gasteiger charge is 2.24. The Balaban J connectivity index is 1.73. The number of nitrogens with two attached hydrogens (primary N) is 1. The van der Waals surface area contributed by atoms with Crippen molar-refractivity contribution in [3.63, 3.8) is 0 Å². The molecular weight excluding hydrogens is 290 g/mol. The fourth-order valence-corrected chi connectivity index (χ4v) is 2.97. The molecule has 0 radical (unpaired) electrons. The van der Waals surface area contributed by atoms with Crippen LogP contribution in [-0.4, -0.2) is 10.9 Å². The number of aryl methyl sites for hydroxylation is 1. The summed E-state index contributed by atoms with van der Waals surface area (Å²) < 4.78 is 5.37. The van der Waals surface area contributed by atoms with Crippen LogP contribution in [0.15, 0.2) is 34.9 Å². The van der Waals surface area contributed by atoms with Crippen molar-refractivity contribution < 1.29 is 9.21 Å². The van der Waals surface area contributed by atoms with Crippen molar-refractivity contribution in [1.82, 2.24) is 10.3 Å². The smallest absolute Gasteiger partial charge is 0.273 e. The Bertz CT molecular complexity index is 693. The van der Waals surface area contributed by atoms with Gasteiger partial charge >= 0.3 is 0 Å². The van der Waals surface area contributed by atoms with Crippen LogP contribution in [0.4, 0.5) is 0 Å². The Morgan fingerprint density at radius 3 is 2.96 bits per heavy atom. The number of fused-ring (bicyclic) bond motifs is 1. The maximum absolute atomic E-state index is 12.5. The summed E-state index contributed by atoms with van der Waals surface area (Å²) in [5.74, 6) is 0.404. The second kappa shape index (κ2) is 6.54. The largest absolute Gasteiger partial charge is 0.446 e. The molecule has 2 aromatic rings. The summed E-state index contributed by atoms with van der Waals surface area (Å²) >= 11 is 0. The van der Waals surface area contributed by atoms with Crippen molar-refractivity contribution >= 4 is 5.91 Å². The van der Waals surface area contributed by atoms with E-state index in [0.717, 1.165) is 19.3 Å². The van der Waals surface area contributed by atoms with Crippen molar-refractivity contribution in [2.45, 2.75) is 45.2 Å². The fourth-order valence-electron chi connectivity index (χ4n) is 2.97. The van der Waals surface area contributed by atoms with Crippen LogP contribution in [0.2, 0.25) is 0 Å². The molecule has 3 N–H and O–H groups in total. The third-order valence-corrected chi connectivity index (χ3v) is 4.43. The molecule has 1 amide bonds. The molecule has 1 heterocycles. The average molecular weight is 313 g/mol. The number of nitrogens with zero attached hydrogens (tertiary/aromatic N) is 1. The van der Waals surface area contributed by atoms with Gasteiger partial charge in [0.05, 0.1) is 12.1 Å². The molecule has 0 aliphatic heterocycles. The molecule has 2 unspecified atom stereocenters. The average Bonchev–Trinajstić information content (AvgIpc) is 3.04. The lowest BCUT2D eigenvalue weighted by atomic mass is 9.88. The first-order chi connectivity index (χ1) is 11.1. The van der Waals surface area contributed by atoms with Gasteiger partial charge in [0.2, 0.25) is 5.89 Å². The van der Waals surface area contributed by atoms with Gasteiger partial charge in [0.25, 0.3) is 5.91 Å². The minimum atomic E-state index is -0.299. The first-order valence-corrected chi connectivity index (χ1v) is 8.16. The van der Waals surface area contributed by atoms with E-state index in [-0.39, 0.29) is 23.9 Å². The summed E-state index contributed by atoms with van der Waals surface area (Å²) in [7, 11) is 0. The van der Waals surface area contributed by atoms with Crippen LogP contribution in [0, 0.1) is 5.92 Å². The Labute approximate surface area is 136 Å². The number of hydrogen-bond acceptors (Lipinski definition) is 4. The number of carbonyl (C=O) groups excluding carboxylic acids is 1. The molecule has 3 rings (SSSR count). The summed E-state index contributed by atoms with van der Waals surface area (Å²) in [6, 6.07) is 8.00. The lowest BCUT2D eigenvalue weighted by molar-refractivity contribution is 0.0927. The molecule has 2 atom stereocenters. The second-order valence-electron chi connectivity index (χ2n) is 6.46. The first kappa shape index (κ1) is 15.7. The van der Waals surface area contributed by atoms with E-state index in [0.29, 0.717) is 11.6 Å². The van der Waals surface area contributed by atoms with Crippen molar-refractivity contribution in [2.24, 2.45) is 11.7 Å². The van der Waals surface area contributed by atoms with Crippen LogP contribution in [0.25, 0.3) is 0 Å². The third-order valence-electron chi connectivity index (χ3n) is 4.43. The van der Waals surface area contributed by atoms with Gasteiger partial charge in [-0.2, -0.15) is 0 Å². The van der Waals surface area contributed by atoms with Gasteiger partial charge in [0, 0.05) is 0 Å². The van der Waals surface area contributed by atoms with Crippen LogP contribution < -0.4 is 11.1 Å². The van der Waals surface area contributed by atoms with Crippen LogP contribution in [0.3, 0.4) is 0 Å². The highest BCUT2D eigenvalue weighted by Crippen LogP contribution is 2.29. The van der Waals surface area contributed by atoms with E-state index in [2.05, 4.69) is 22.4 Å². The second-order valence-corrected chi connectivity index (χ2v) is 6.46. The number of amides is 1. The maximum atomic E-state index is 12.5. The zero-order chi connectivity index (χ0) is 16.4. The van der Waals surface area contributed by atoms with Gasteiger partial charge in [-0.3, -0.25) is 4.79 Å². The Hall–Kier alpha value is -2.14. The van der Waals surface area contributed by atoms with Gasteiger partial charge in [0.15, 0.2) is 5.69 Å². The van der Waals surface area contributed by atoms with Crippen molar-refractivity contribution in [2.75, 3.05) is 0 Å². The number of carbonyl (C=O) groups is 1. The molecule has 5 heteroatoms. The topological polar surface area (TPSA) is 81.1 Å². The Kier molecular flexibility index (Phi) is 4.48. The summed E-state index contributed by atoms with van der Waals surface area (Å²) in [5.41, 5.74) is 8.82. The highest BCUT2D eigenvalue weighted by molar-refractivity contribution is 5.92. The van der Waals surface area contributed by atoms with Crippen LogP contribution >= 0.6 is 0 Å². The van der Waals surface area contributed by atoms with E-state index in [1.165, 1.54) is 17.4 Å². The number of oxazole rings is 1. The maximum Gasteiger partial charge on any atom is 0.273 e. The fraction of sp³-hybridized carbons (Fsp3) is 0.444. The first-order valence-electron chi connectivity index (χ1n) is 8.16. The molecule has 122 valence electrons. The standard InChI is InChI=1S/C18H23N3O2/c1-11(2)16(19)18-21-15(10-23-18)17(22)20-14-9-5-7-12-6-3-4-8-13(12)14/h3-4,6,8,10-11,14,16H,5,7,9,19H2,1-2H3,(H,20,22). The highest BCUT2D eigenvalue weighted by atomic mass is 16.3. The van der Waals surface area contributed by atoms with Crippen LogP contribution in [0.5, 0.6) is 0 Å². The minimum Gasteiger partial charge on any atom is -0.446 e. The van der Waals surface area contributed by atoms with Gasteiger partial charge in [-0.15, -0.1) is 0 Å². The molecule has 1 aliphatic rings. The summed E-state index contributed by atoms with van der Waals surface area (Å²) in [6.45, 7) is 3.99. The Morgan fingerprint density at radius 1 is 1.39 bits per heavy atom. The van der Waals surface area contributed by atoms with Crippen molar-refractivity contribution in [1.29, 1.82) is 0 Å². The molecule has 0 spiro atoms. The molecule has 1 aliphatic carbocycles. The van der Waals surface area contributed by atoms with Crippen molar-refractivity contribution in [3.8, 4) is 0 Å². The van der Waals surface area contributed by atoms with E-state index in [1.807, 2.05) is 26.0 Å². The summed E-state index contributed by atoms with van der Waals surface area (Å²) in [6.07, 6.45) is 4.48. The molecule has 0 bridgehead atoms. The molecular formula is C18H23N3O2. The molecule has 23 heavy (non-hydrogen) atoms. The normalized spacial score (nSPS) is 18.5. The van der Waals surface area contributed by atoms with Gasteiger partial charge in [-0.1, -0.05) is 38.1 Å². The van der Waals surface area contributed by atoms with Gasteiger partial charge < -0.3 is 15.5 Å². The number of rotatable bonds is 4. The number of benzene rings is 1. The monoisotopic (exact) mass is 313 g/mol. The molecule has 0 saturated carbocycles. The van der Waals surface area contributed by atoms with E-state index in [9.17, 15) is 4.79 Å². The predicted molar refractivity (Wildman–Crippen MR) is 87.9 cm³/mol. The number of hydrogen-bond donors (Lipinski definition) is 2. The van der Waals surface area contributed by atoms with Crippen LogP contribution in [0.1, 0.15) is 66.3 Å². The summed E-state index contributed by atoms with van der Waals surface area (Å²) in [5, 5.41) is 3.07. The molecule has 1 aromatic heterocycles. The van der Waals surface area contributed by atoms with E-state index in [1.54, 1.807) is 0 Å². The van der Waals surface area contributed by atoms with Gasteiger partial charge in [0.1, 0.15) is 6.26 Å². The summed E-state index contributed by atoms with van der Waals surface area (Å²) in [4.78, 5) is 16.7. The quantitative estimate of drug-likeness (QED) is 0.908.